The van der Waals surface area contributed by atoms with Gasteiger partial charge < -0.3 is 10.3 Å². The van der Waals surface area contributed by atoms with Gasteiger partial charge in [-0.1, -0.05) is 29.8 Å². The van der Waals surface area contributed by atoms with Gasteiger partial charge in [0.2, 0.25) is 5.28 Å². The first-order chi connectivity index (χ1) is 15.4. The zero-order chi connectivity index (χ0) is 22.4. The van der Waals surface area contributed by atoms with Crippen LogP contribution < -0.4 is 10.9 Å². The lowest BCUT2D eigenvalue weighted by molar-refractivity contribution is 0.731. The van der Waals surface area contributed by atoms with Crippen molar-refractivity contribution in [1.82, 2.24) is 29.5 Å². The van der Waals surface area contributed by atoms with Gasteiger partial charge in [0.1, 0.15) is 11.3 Å². The predicted molar refractivity (Wildman–Crippen MR) is 126 cm³/mol. The molecule has 8 nitrogen and oxygen atoms in total. The summed E-state index contributed by atoms with van der Waals surface area (Å²) in [6.07, 6.45) is 1.52. The van der Waals surface area contributed by atoms with Crippen molar-refractivity contribution in [3.8, 4) is 5.69 Å². The number of nitrogens with zero attached hydrogens (tertiary/aromatic N) is 5. The van der Waals surface area contributed by atoms with Crippen molar-refractivity contribution >= 4 is 51.1 Å². The summed E-state index contributed by atoms with van der Waals surface area (Å²) in [5.41, 5.74) is 2.96. The lowest BCUT2D eigenvalue weighted by Gasteiger charge is -2.20. The summed E-state index contributed by atoms with van der Waals surface area (Å²) in [6, 6.07) is 12.3. The van der Waals surface area contributed by atoms with Crippen LogP contribution in [0.5, 0.6) is 0 Å². The Bertz CT molecular complexity index is 1540. The quantitative estimate of drug-likeness (QED) is 0.368. The first kappa shape index (κ1) is 20.4. The molecule has 3 heterocycles. The van der Waals surface area contributed by atoms with E-state index < -0.39 is 6.04 Å². The SMILES string of the molecule is Cc1cccc2nc(C(C)Nc3nc(Cl)nc4nc[nH]c34)n(-c3cccc(Cl)c3)c(=O)c12. The van der Waals surface area contributed by atoms with E-state index >= 15 is 0 Å². The van der Waals surface area contributed by atoms with E-state index in [1.165, 1.54) is 6.33 Å². The number of aromatic nitrogens is 6. The van der Waals surface area contributed by atoms with Crippen molar-refractivity contribution in [3.63, 3.8) is 0 Å². The molecule has 5 aromatic rings. The Labute approximate surface area is 192 Å². The Morgan fingerprint density at radius 3 is 2.72 bits per heavy atom. The second kappa shape index (κ2) is 7.89. The minimum atomic E-state index is -0.427. The number of anilines is 1. The lowest BCUT2D eigenvalue weighted by Crippen LogP contribution is -2.28. The van der Waals surface area contributed by atoms with Crippen LogP contribution in [-0.4, -0.2) is 29.5 Å². The summed E-state index contributed by atoms with van der Waals surface area (Å²) in [7, 11) is 0. The molecular weight excluding hydrogens is 449 g/mol. The molecule has 0 spiro atoms. The molecule has 2 aromatic carbocycles. The van der Waals surface area contributed by atoms with Crippen molar-refractivity contribution in [1.29, 1.82) is 0 Å². The molecule has 0 aliphatic rings. The Morgan fingerprint density at radius 2 is 1.91 bits per heavy atom. The van der Waals surface area contributed by atoms with Gasteiger partial charge in [-0.25, -0.2) is 9.97 Å². The van der Waals surface area contributed by atoms with E-state index in [1.54, 1.807) is 22.8 Å². The number of benzene rings is 2. The average Bonchev–Trinajstić information content (AvgIpc) is 3.22. The Hall–Kier alpha value is -3.49. The summed E-state index contributed by atoms with van der Waals surface area (Å²) >= 11 is 12.3. The molecule has 0 bridgehead atoms. The van der Waals surface area contributed by atoms with E-state index in [9.17, 15) is 4.79 Å². The Balaban J connectivity index is 1.72. The Kier molecular flexibility index (Phi) is 5.03. The van der Waals surface area contributed by atoms with Crippen LogP contribution >= 0.6 is 23.2 Å². The van der Waals surface area contributed by atoms with E-state index in [4.69, 9.17) is 28.2 Å². The monoisotopic (exact) mass is 465 g/mol. The maximum absolute atomic E-state index is 13.7. The molecule has 1 unspecified atom stereocenters. The number of nitrogens with one attached hydrogen (secondary N) is 2. The van der Waals surface area contributed by atoms with Crippen molar-refractivity contribution in [2.24, 2.45) is 0 Å². The van der Waals surface area contributed by atoms with Crippen molar-refractivity contribution in [2.75, 3.05) is 5.32 Å². The summed E-state index contributed by atoms with van der Waals surface area (Å²) in [5.74, 6) is 0.957. The fraction of sp³-hybridized carbons (Fsp3) is 0.136. The smallest absolute Gasteiger partial charge is 0.266 e. The van der Waals surface area contributed by atoms with E-state index in [-0.39, 0.29) is 10.8 Å². The van der Waals surface area contributed by atoms with Crippen molar-refractivity contribution in [2.45, 2.75) is 19.9 Å². The number of rotatable bonds is 4. The van der Waals surface area contributed by atoms with Crippen molar-refractivity contribution < 1.29 is 0 Å². The molecule has 1 atom stereocenters. The third-order valence-corrected chi connectivity index (χ3v) is 5.60. The number of halogens is 2. The summed E-state index contributed by atoms with van der Waals surface area (Å²) in [4.78, 5) is 34.0. The zero-order valence-corrected chi connectivity index (χ0v) is 18.6. The molecule has 0 amide bonds. The second-order valence-corrected chi connectivity index (χ2v) is 8.14. The zero-order valence-electron chi connectivity index (χ0n) is 17.1. The molecule has 32 heavy (non-hydrogen) atoms. The molecule has 0 saturated heterocycles. The van der Waals surface area contributed by atoms with Gasteiger partial charge in [-0.15, -0.1) is 0 Å². The van der Waals surface area contributed by atoms with Gasteiger partial charge in [0, 0.05) is 5.02 Å². The average molecular weight is 466 g/mol. The highest BCUT2D eigenvalue weighted by molar-refractivity contribution is 6.30. The van der Waals surface area contributed by atoms with Crippen LogP contribution in [0, 0.1) is 6.92 Å². The standard InChI is InChI=1S/C22H17Cl2N7O/c1-11-5-3-8-15-16(11)21(32)31(14-7-4-6-13(23)9-14)20(28-15)12(2)27-19-17-18(26-10-25-17)29-22(24)30-19/h3-10,12H,1-2H3,(H2,25,26,27,29,30). The number of aromatic amines is 1. The highest BCUT2D eigenvalue weighted by Gasteiger charge is 2.21. The van der Waals surface area contributed by atoms with Crippen LogP contribution in [0.15, 0.2) is 53.6 Å². The molecule has 10 heteroatoms. The van der Waals surface area contributed by atoms with E-state index in [0.717, 1.165) is 5.56 Å². The number of hydrogen-bond donors (Lipinski definition) is 2. The fourth-order valence-electron chi connectivity index (χ4n) is 3.75. The maximum atomic E-state index is 13.7. The van der Waals surface area contributed by atoms with Crippen LogP contribution in [0.25, 0.3) is 27.8 Å². The molecule has 5 rings (SSSR count). The van der Waals surface area contributed by atoms with Gasteiger partial charge in [0.15, 0.2) is 11.5 Å². The van der Waals surface area contributed by atoms with Crippen LogP contribution in [0.4, 0.5) is 5.82 Å². The lowest BCUT2D eigenvalue weighted by atomic mass is 10.1. The number of hydrogen-bond acceptors (Lipinski definition) is 6. The normalized spacial score (nSPS) is 12.4. The van der Waals surface area contributed by atoms with Crippen LogP contribution in [-0.2, 0) is 0 Å². The second-order valence-electron chi connectivity index (χ2n) is 7.37. The van der Waals surface area contributed by atoms with Gasteiger partial charge >= 0.3 is 0 Å². The first-order valence-corrected chi connectivity index (χ1v) is 10.6. The van der Waals surface area contributed by atoms with E-state index in [0.29, 0.717) is 44.4 Å². The van der Waals surface area contributed by atoms with Gasteiger partial charge in [-0.2, -0.15) is 9.97 Å². The maximum Gasteiger partial charge on any atom is 0.266 e. The predicted octanol–water partition coefficient (Wildman–Crippen LogP) is 4.84. The molecule has 0 aliphatic heterocycles. The van der Waals surface area contributed by atoms with Gasteiger partial charge in [-0.3, -0.25) is 9.36 Å². The number of fused-ring (bicyclic) bond motifs is 2. The number of aryl methyl sites for hydroxylation is 1. The summed E-state index contributed by atoms with van der Waals surface area (Å²) in [6.45, 7) is 3.79. The minimum absolute atomic E-state index is 0.0635. The van der Waals surface area contributed by atoms with Gasteiger partial charge in [-0.05, 0) is 55.3 Å². The number of H-pyrrole nitrogens is 1. The molecule has 0 fully saturated rings. The third-order valence-electron chi connectivity index (χ3n) is 5.20. The minimum Gasteiger partial charge on any atom is -0.358 e. The highest BCUT2D eigenvalue weighted by atomic mass is 35.5. The van der Waals surface area contributed by atoms with Crippen molar-refractivity contribution in [3.05, 3.63) is 80.8 Å². The highest BCUT2D eigenvalue weighted by Crippen LogP contribution is 2.26. The van der Waals surface area contributed by atoms with E-state index in [1.807, 2.05) is 38.1 Å². The third kappa shape index (κ3) is 3.47. The molecular formula is C22H17Cl2N7O. The topological polar surface area (TPSA) is 101 Å². The molecule has 3 aromatic heterocycles. The largest absolute Gasteiger partial charge is 0.358 e. The molecule has 160 valence electrons. The fourth-order valence-corrected chi connectivity index (χ4v) is 4.10. The first-order valence-electron chi connectivity index (χ1n) is 9.84. The van der Waals surface area contributed by atoms with Crippen LogP contribution in [0.2, 0.25) is 10.3 Å². The van der Waals surface area contributed by atoms with Gasteiger partial charge in [0.05, 0.1) is 29.0 Å². The molecule has 0 aliphatic carbocycles. The van der Waals surface area contributed by atoms with Crippen LogP contribution in [0.3, 0.4) is 0 Å². The van der Waals surface area contributed by atoms with Crippen LogP contribution in [0.1, 0.15) is 24.4 Å². The summed E-state index contributed by atoms with van der Waals surface area (Å²) in [5, 5.41) is 4.44. The van der Waals surface area contributed by atoms with E-state index in [2.05, 4.69) is 25.3 Å². The van der Waals surface area contributed by atoms with Gasteiger partial charge in [0.25, 0.3) is 5.56 Å². The molecule has 2 N–H and O–H groups in total. The molecule has 0 saturated carbocycles. The Morgan fingerprint density at radius 1 is 1.09 bits per heavy atom. The summed E-state index contributed by atoms with van der Waals surface area (Å²) < 4.78 is 1.58. The molecule has 0 radical (unpaired) electrons. The number of imidazole rings is 1.